The van der Waals surface area contributed by atoms with Gasteiger partial charge in [0.05, 0.1) is 0 Å². The Bertz CT molecular complexity index is 729. The van der Waals surface area contributed by atoms with Crippen LogP contribution in [0.4, 0.5) is 4.79 Å². The molecule has 2 N–H and O–H groups in total. The second kappa shape index (κ2) is 14.6. The largest absolute Gasteiger partial charge is 0.444 e. The van der Waals surface area contributed by atoms with E-state index in [1.165, 1.54) is 19.3 Å². The highest BCUT2D eigenvalue weighted by molar-refractivity contribution is 5.90. The molecule has 0 heterocycles. The van der Waals surface area contributed by atoms with E-state index in [0.29, 0.717) is 6.54 Å². The molecule has 3 amide bonds. The number of hydrogen-bond donors (Lipinski definition) is 2. The maximum atomic E-state index is 13.3. The molecule has 0 aromatic heterocycles. The van der Waals surface area contributed by atoms with Crippen LogP contribution in [0.25, 0.3) is 0 Å². The molecule has 33 heavy (non-hydrogen) atoms. The summed E-state index contributed by atoms with van der Waals surface area (Å²) in [5.74, 6) is -0.546. The van der Waals surface area contributed by atoms with Crippen molar-refractivity contribution in [2.75, 3.05) is 13.1 Å². The van der Waals surface area contributed by atoms with Crippen molar-refractivity contribution >= 4 is 17.9 Å². The molecule has 1 atom stereocenters. The smallest absolute Gasteiger partial charge is 0.408 e. The summed E-state index contributed by atoms with van der Waals surface area (Å²) < 4.78 is 5.25. The van der Waals surface area contributed by atoms with Crippen molar-refractivity contribution in [2.24, 2.45) is 0 Å². The van der Waals surface area contributed by atoms with Gasteiger partial charge in [-0.1, -0.05) is 69.4 Å². The molecule has 7 heteroatoms. The van der Waals surface area contributed by atoms with Gasteiger partial charge < -0.3 is 20.3 Å². The van der Waals surface area contributed by atoms with Gasteiger partial charge in [0.15, 0.2) is 0 Å². The van der Waals surface area contributed by atoms with Crippen LogP contribution in [0.5, 0.6) is 0 Å². The summed E-state index contributed by atoms with van der Waals surface area (Å²) in [5.41, 5.74) is 0.0851. The first-order chi connectivity index (χ1) is 15.5. The fraction of sp³-hybridized carbons (Fsp3) is 0.654. The number of alkyl carbamates (subject to hydrolysis) is 1. The Morgan fingerprint density at radius 3 is 2.15 bits per heavy atom. The zero-order valence-electron chi connectivity index (χ0n) is 21.3. The summed E-state index contributed by atoms with van der Waals surface area (Å²) in [4.78, 5) is 40.1. The van der Waals surface area contributed by atoms with E-state index in [0.717, 1.165) is 24.8 Å². The number of hydrogen-bond acceptors (Lipinski definition) is 4. The summed E-state index contributed by atoms with van der Waals surface area (Å²) in [7, 11) is 0. The van der Waals surface area contributed by atoms with Gasteiger partial charge in [-0.25, -0.2) is 4.79 Å². The highest BCUT2D eigenvalue weighted by atomic mass is 16.6. The molecule has 0 aliphatic carbocycles. The van der Waals surface area contributed by atoms with E-state index < -0.39 is 17.7 Å². The Hall–Kier alpha value is -2.57. The van der Waals surface area contributed by atoms with Gasteiger partial charge in [0.2, 0.25) is 11.8 Å². The minimum absolute atomic E-state index is 0.0606. The topological polar surface area (TPSA) is 87.7 Å². The first kappa shape index (κ1) is 28.5. The van der Waals surface area contributed by atoms with Crippen LogP contribution < -0.4 is 10.6 Å². The van der Waals surface area contributed by atoms with Crippen LogP contribution in [0.1, 0.15) is 91.7 Å². The SMILES string of the molecule is CCCCCCCCN(C(=O)CNC(=O)OC(C)(C)C)C(C(=O)NC(C)C)c1ccccc1. The van der Waals surface area contributed by atoms with Crippen LogP contribution >= 0.6 is 0 Å². The lowest BCUT2D eigenvalue weighted by Gasteiger charge is -2.32. The van der Waals surface area contributed by atoms with Gasteiger partial charge in [-0.2, -0.15) is 0 Å². The predicted molar refractivity (Wildman–Crippen MR) is 132 cm³/mol. The highest BCUT2D eigenvalue weighted by Gasteiger charge is 2.31. The Morgan fingerprint density at radius 1 is 0.970 bits per heavy atom. The molecule has 0 saturated heterocycles. The van der Waals surface area contributed by atoms with E-state index in [1.54, 1.807) is 25.7 Å². The number of ether oxygens (including phenoxy) is 1. The van der Waals surface area contributed by atoms with Crippen molar-refractivity contribution in [3.63, 3.8) is 0 Å². The third-order valence-electron chi connectivity index (χ3n) is 4.96. The van der Waals surface area contributed by atoms with Crippen LogP contribution in [-0.4, -0.2) is 47.5 Å². The predicted octanol–water partition coefficient (Wildman–Crippen LogP) is 4.97. The summed E-state index contributed by atoms with van der Waals surface area (Å²) in [5, 5.41) is 5.49. The van der Waals surface area contributed by atoms with Crippen LogP contribution in [0.15, 0.2) is 30.3 Å². The molecule has 0 aliphatic rings. The fourth-order valence-corrected chi connectivity index (χ4v) is 3.50. The summed E-state index contributed by atoms with van der Waals surface area (Å²) >= 11 is 0. The molecular formula is C26H43N3O4. The summed E-state index contributed by atoms with van der Waals surface area (Å²) in [6.07, 6.45) is 5.76. The van der Waals surface area contributed by atoms with E-state index >= 15 is 0 Å². The molecule has 0 aliphatic heterocycles. The quantitative estimate of drug-likeness (QED) is 0.406. The lowest BCUT2D eigenvalue weighted by Crippen LogP contribution is -2.49. The van der Waals surface area contributed by atoms with Gasteiger partial charge in [0, 0.05) is 12.6 Å². The molecule has 0 spiro atoms. The highest BCUT2D eigenvalue weighted by Crippen LogP contribution is 2.23. The molecule has 186 valence electrons. The number of nitrogens with one attached hydrogen (secondary N) is 2. The lowest BCUT2D eigenvalue weighted by atomic mass is 10.0. The second-order valence-corrected chi connectivity index (χ2v) is 9.69. The van der Waals surface area contributed by atoms with Crippen LogP contribution in [-0.2, 0) is 14.3 Å². The Kier molecular flexibility index (Phi) is 12.6. The molecule has 0 radical (unpaired) electrons. The van der Waals surface area contributed by atoms with Gasteiger partial charge in [0.25, 0.3) is 0 Å². The zero-order valence-corrected chi connectivity index (χ0v) is 21.3. The van der Waals surface area contributed by atoms with Crippen molar-refractivity contribution in [3.8, 4) is 0 Å². The third-order valence-corrected chi connectivity index (χ3v) is 4.96. The number of benzene rings is 1. The van der Waals surface area contributed by atoms with Crippen LogP contribution in [0.2, 0.25) is 0 Å². The molecule has 0 bridgehead atoms. The van der Waals surface area contributed by atoms with Gasteiger partial charge in [-0.15, -0.1) is 0 Å². The van der Waals surface area contributed by atoms with E-state index in [4.69, 9.17) is 4.74 Å². The molecule has 0 fully saturated rings. The standard InChI is InChI=1S/C26H43N3O4/c1-7-8-9-10-11-15-18-29(22(30)19-27-25(32)33-26(4,5)6)23(24(31)28-20(2)3)21-16-13-12-14-17-21/h12-14,16-17,20,23H,7-11,15,18-19H2,1-6H3,(H,27,32)(H,28,31). The summed E-state index contributed by atoms with van der Waals surface area (Å²) in [6.45, 7) is 11.5. The number of carbonyl (C=O) groups excluding carboxylic acids is 3. The Balaban J connectivity index is 3.03. The number of unbranched alkanes of at least 4 members (excludes halogenated alkanes) is 5. The summed E-state index contributed by atoms with van der Waals surface area (Å²) in [6, 6.07) is 8.48. The molecule has 1 aromatic rings. The van der Waals surface area contributed by atoms with Crippen LogP contribution in [0, 0.1) is 0 Å². The van der Waals surface area contributed by atoms with Gasteiger partial charge >= 0.3 is 6.09 Å². The molecule has 1 aromatic carbocycles. The molecule has 7 nitrogen and oxygen atoms in total. The maximum absolute atomic E-state index is 13.3. The third kappa shape index (κ3) is 11.7. The van der Waals surface area contributed by atoms with Gasteiger partial charge in [0.1, 0.15) is 18.2 Å². The van der Waals surface area contributed by atoms with Crippen LogP contribution in [0.3, 0.4) is 0 Å². The minimum atomic E-state index is -0.767. The molecule has 0 saturated carbocycles. The van der Waals surface area contributed by atoms with E-state index in [1.807, 2.05) is 44.2 Å². The normalized spacial score (nSPS) is 12.2. The van der Waals surface area contributed by atoms with Gasteiger partial charge in [-0.05, 0) is 46.6 Å². The molecule has 1 unspecified atom stereocenters. The Morgan fingerprint density at radius 2 is 1.58 bits per heavy atom. The van der Waals surface area contributed by atoms with Gasteiger partial charge in [-0.3, -0.25) is 9.59 Å². The number of carbonyl (C=O) groups is 3. The lowest BCUT2D eigenvalue weighted by molar-refractivity contribution is -0.140. The second-order valence-electron chi connectivity index (χ2n) is 9.69. The van der Waals surface area contributed by atoms with Crippen molar-refractivity contribution in [2.45, 2.75) is 97.8 Å². The number of nitrogens with zero attached hydrogens (tertiary/aromatic N) is 1. The van der Waals surface area contributed by atoms with E-state index in [9.17, 15) is 14.4 Å². The van der Waals surface area contributed by atoms with Crippen molar-refractivity contribution in [3.05, 3.63) is 35.9 Å². The average Bonchev–Trinajstić information content (AvgIpc) is 2.72. The molecule has 1 rings (SSSR count). The van der Waals surface area contributed by atoms with Crippen molar-refractivity contribution in [1.29, 1.82) is 0 Å². The van der Waals surface area contributed by atoms with E-state index in [2.05, 4.69) is 17.6 Å². The first-order valence-corrected chi connectivity index (χ1v) is 12.2. The molecular weight excluding hydrogens is 418 g/mol. The Labute approximate surface area is 199 Å². The van der Waals surface area contributed by atoms with Crippen molar-refractivity contribution in [1.82, 2.24) is 15.5 Å². The maximum Gasteiger partial charge on any atom is 0.408 e. The number of amides is 3. The minimum Gasteiger partial charge on any atom is -0.444 e. The fourth-order valence-electron chi connectivity index (χ4n) is 3.50. The number of rotatable bonds is 13. The van der Waals surface area contributed by atoms with E-state index in [-0.39, 0.29) is 24.4 Å². The zero-order chi connectivity index (χ0) is 24.9. The monoisotopic (exact) mass is 461 g/mol. The van der Waals surface area contributed by atoms with Crippen molar-refractivity contribution < 1.29 is 19.1 Å². The average molecular weight is 462 g/mol. The first-order valence-electron chi connectivity index (χ1n) is 12.2.